The van der Waals surface area contributed by atoms with E-state index in [4.69, 9.17) is 23.2 Å². The van der Waals surface area contributed by atoms with Gasteiger partial charge in [-0.15, -0.1) is 0 Å². The van der Waals surface area contributed by atoms with Crippen molar-refractivity contribution in [3.63, 3.8) is 0 Å². The van der Waals surface area contributed by atoms with Gasteiger partial charge < -0.3 is 0 Å². The maximum absolute atomic E-state index is 6.42. The van der Waals surface area contributed by atoms with E-state index in [0.29, 0.717) is 5.02 Å². The fourth-order valence-corrected chi connectivity index (χ4v) is 2.57. The first-order valence-corrected chi connectivity index (χ1v) is 6.07. The highest BCUT2D eigenvalue weighted by atomic mass is 35.5. The molecule has 0 saturated carbocycles. The van der Waals surface area contributed by atoms with E-state index in [1.165, 1.54) is 0 Å². The monoisotopic (exact) mass is 261 g/mol. The van der Waals surface area contributed by atoms with E-state index in [9.17, 15) is 0 Å². The van der Waals surface area contributed by atoms with E-state index in [1.807, 2.05) is 43.3 Å². The summed E-state index contributed by atoms with van der Waals surface area (Å²) in [5, 5.41) is 3.23. The summed E-state index contributed by atoms with van der Waals surface area (Å²) in [5.74, 6) is 0. The van der Waals surface area contributed by atoms with E-state index < -0.39 is 0 Å². The second kappa shape index (κ2) is 3.86. The molecule has 0 amide bonds. The summed E-state index contributed by atoms with van der Waals surface area (Å²) in [4.78, 5) is 4.62. The molecule has 2 aromatic carbocycles. The van der Waals surface area contributed by atoms with Crippen molar-refractivity contribution >= 4 is 45.0 Å². The normalized spacial score (nSPS) is 11.2. The largest absolute Gasteiger partial charge is 0.246 e. The van der Waals surface area contributed by atoms with Gasteiger partial charge in [0.25, 0.3) is 0 Å². The van der Waals surface area contributed by atoms with Crippen molar-refractivity contribution < 1.29 is 0 Å². The number of halogens is 2. The van der Waals surface area contributed by atoms with Gasteiger partial charge in [0, 0.05) is 10.8 Å². The summed E-state index contributed by atoms with van der Waals surface area (Å²) >= 11 is 12.6. The van der Waals surface area contributed by atoms with Gasteiger partial charge in [0.2, 0.25) is 0 Å². The first-order valence-electron chi connectivity index (χ1n) is 5.31. The van der Waals surface area contributed by atoms with Crippen molar-refractivity contribution in [2.45, 2.75) is 6.92 Å². The van der Waals surface area contributed by atoms with Crippen LogP contribution in [-0.2, 0) is 0 Å². The number of fused-ring (bicyclic) bond motifs is 2. The molecular weight excluding hydrogens is 253 g/mol. The van der Waals surface area contributed by atoms with E-state index in [1.54, 1.807) is 0 Å². The lowest BCUT2D eigenvalue weighted by atomic mass is 10.1. The van der Waals surface area contributed by atoms with Gasteiger partial charge in [-0.2, -0.15) is 0 Å². The lowest BCUT2D eigenvalue weighted by molar-refractivity contribution is 1.42. The third kappa shape index (κ3) is 1.58. The average molecular weight is 262 g/mol. The Morgan fingerprint density at radius 3 is 2.29 bits per heavy atom. The molecule has 0 fully saturated rings. The van der Waals surface area contributed by atoms with Crippen LogP contribution in [0.25, 0.3) is 21.8 Å². The number of hydrogen-bond acceptors (Lipinski definition) is 1. The van der Waals surface area contributed by atoms with Gasteiger partial charge in [-0.1, -0.05) is 53.5 Å². The number of aromatic nitrogens is 1. The summed E-state index contributed by atoms with van der Waals surface area (Å²) in [6, 6.07) is 11.7. The number of aryl methyl sites for hydroxylation is 1. The van der Waals surface area contributed by atoms with Crippen LogP contribution in [0.1, 0.15) is 5.56 Å². The Balaban J connectivity index is 2.62. The highest BCUT2D eigenvalue weighted by molar-refractivity contribution is 6.42. The molecule has 3 heteroatoms. The first-order chi connectivity index (χ1) is 8.18. The van der Waals surface area contributed by atoms with Gasteiger partial charge in [0.1, 0.15) is 0 Å². The molecule has 0 radical (unpaired) electrons. The van der Waals surface area contributed by atoms with Crippen LogP contribution in [0.4, 0.5) is 0 Å². The van der Waals surface area contributed by atoms with Gasteiger partial charge in [0.05, 0.1) is 21.1 Å². The average Bonchev–Trinajstić information content (AvgIpc) is 2.32. The van der Waals surface area contributed by atoms with E-state index >= 15 is 0 Å². The maximum atomic E-state index is 6.42. The number of para-hydroxylation sites is 2. The van der Waals surface area contributed by atoms with Crippen LogP contribution in [0, 0.1) is 6.92 Å². The molecule has 0 N–H and O–H groups in total. The predicted octanol–water partition coefficient (Wildman–Crippen LogP) is 5.00. The Hall–Kier alpha value is -1.31. The minimum Gasteiger partial charge on any atom is -0.246 e. The van der Waals surface area contributed by atoms with Crippen LogP contribution in [0.15, 0.2) is 36.4 Å². The van der Waals surface area contributed by atoms with Crippen molar-refractivity contribution in [2.75, 3.05) is 0 Å². The van der Waals surface area contributed by atoms with Crippen molar-refractivity contribution in [3.8, 4) is 0 Å². The number of benzene rings is 2. The molecule has 1 aromatic heterocycles. The van der Waals surface area contributed by atoms with Crippen molar-refractivity contribution in [3.05, 3.63) is 52.0 Å². The topological polar surface area (TPSA) is 12.9 Å². The number of nitrogens with zero attached hydrogens (tertiary/aromatic N) is 1. The zero-order valence-electron chi connectivity index (χ0n) is 9.17. The number of hydrogen-bond donors (Lipinski definition) is 0. The quantitative estimate of drug-likeness (QED) is 0.519. The van der Waals surface area contributed by atoms with Crippen LogP contribution >= 0.6 is 23.2 Å². The molecule has 0 bridgehead atoms. The fourth-order valence-electron chi connectivity index (χ4n) is 2.05. The van der Waals surface area contributed by atoms with E-state index in [2.05, 4.69) is 4.98 Å². The molecule has 0 aliphatic heterocycles. The second-order valence-corrected chi connectivity index (χ2v) is 4.82. The molecule has 3 aromatic rings. The summed E-state index contributed by atoms with van der Waals surface area (Å²) in [6.45, 7) is 2.02. The molecule has 1 nitrogen and oxygen atoms in total. The molecule has 17 heavy (non-hydrogen) atoms. The Kier molecular flexibility index (Phi) is 2.46. The second-order valence-electron chi connectivity index (χ2n) is 4.03. The van der Waals surface area contributed by atoms with Crippen LogP contribution in [0.2, 0.25) is 10.0 Å². The third-order valence-corrected chi connectivity index (χ3v) is 3.63. The highest BCUT2D eigenvalue weighted by Crippen LogP contribution is 2.34. The minimum absolute atomic E-state index is 0.634. The van der Waals surface area contributed by atoms with Gasteiger partial charge >= 0.3 is 0 Å². The summed E-state index contributed by atoms with van der Waals surface area (Å²) in [5.41, 5.74) is 2.78. The lowest BCUT2D eigenvalue weighted by Crippen LogP contribution is -1.88. The Bertz CT molecular complexity index is 675. The zero-order chi connectivity index (χ0) is 12.0. The summed E-state index contributed by atoms with van der Waals surface area (Å²) in [6.07, 6.45) is 0. The lowest BCUT2D eigenvalue weighted by Gasteiger charge is -2.08. The van der Waals surface area contributed by atoms with Gasteiger partial charge in [0.15, 0.2) is 0 Å². The Labute approximate surface area is 109 Å². The van der Waals surface area contributed by atoms with E-state index in [0.717, 1.165) is 32.4 Å². The number of rotatable bonds is 0. The third-order valence-electron chi connectivity index (χ3n) is 2.92. The van der Waals surface area contributed by atoms with Crippen LogP contribution in [0.5, 0.6) is 0 Å². The molecule has 0 unspecified atom stereocenters. The van der Waals surface area contributed by atoms with E-state index in [-0.39, 0.29) is 0 Å². The molecule has 3 rings (SSSR count). The summed E-state index contributed by atoms with van der Waals surface area (Å²) < 4.78 is 0. The molecule has 0 saturated heterocycles. The zero-order valence-corrected chi connectivity index (χ0v) is 10.7. The van der Waals surface area contributed by atoms with Crippen molar-refractivity contribution in [1.29, 1.82) is 0 Å². The van der Waals surface area contributed by atoms with Crippen molar-refractivity contribution in [2.24, 2.45) is 0 Å². The van der Waals surface area contributed by atoms with Crippen LogP contribution in [-0.4, -0.2) is 4.98 Å². The number of pyridine rings is 1. The van der Waals surface area contributed by atoms with Crippen LogP contribution < -0.4 is 0 Å². The Morgan fingerprint density at radius 1 is 0.882 bits per heavy atom. The molecule has 0 aliphatic carbocycles. The smallest absolute Gasteiger partial charge is 0.0910 e. The highest BCUT2D eigenvalue weighted by Gasteiger charge is 2.10. The molecule has 0 aliphatic rings. The van der Waals surface area contributed by atoms with Gasteiger partial charge in [-0.05, 0) is 18.6 Å². The van der Waals surface area contributed by atoms with Gasteiger partial charge in [-0.3, -0.25) is 0 Å². The minimum atomic E-state index is 0.634. The van der Waals surface area contributed by atoms with Crippen molar-refractivity contribution in [1.82, 2.24) is 4.98 Å². The molecule has 0 spiro atoms. The summed E-state index contributed by atoms with van der Waals surface area (Å²) in [7, 11) is 0. The molecule has 0 atom stereocenters. The van der Waals surface area contributed by atoms with Gasteiger partial charge in [-0.25, -0.2) is 4.98 Å². The Morgan fingerprint density at radius 2 is 1.53 bits per heavy atom. The maximum Gasteiger partial charge on any atom is 0.0910 e. The standard InChI is InChI=1S/C14H9Cl2N/c1-8-4-2-5-9-12(16)10-6-3-7-11(15)14(10)17-13(8)9/h2-7H,1H3. The first kappa shape index (κ1) is 10.8. The predicted molar refractivity (Wildman–Crippen MR) is 74.0 cm³/mol. The van der Waals surface area contributed by atoms with Crippen LogP contribution in [0.3, 0.4) is 0 Å². The SMILES string of the molecule is Cc1cccc2c(Cl)c3cccc(Cl)c3nc12. The molecular formula is C14H9Cl2N. The molecule has 1 heterocycles. The fraction of sp³-hybridized carbons (Fsp3) is 0.0714. The molecule has 84 valence electrons.